The lowest BCUT2D eigenvalue weighted by Gasteiger charge is -2.07. The van der Waals surface area contributed by atoms with E-state index in [-0.39, 0.29) is 0 Å². The summed E-state index contributed by atoms with van der Waals surface area (Å²) in [5.41, 5.74) is 12.8. The molecule has 0 amide bonds. The fraction of sp³-hybridized carbons (Fsp3) is 0.286. The lowest BCUT2D eigenvalue weighted by Crippen LogP contribution is -1.95. The van der Waals surface area contributed by atoms with Crippen molar-refractivity contribution in [2.75, 3.05) is 5.73 Å². The Kier molecular flexibility index (Phi) is 8.75. The summed E-state index contributed by atoms with van der Waals surface area (Å²) in [4.78, 5) is 9.56. The predicted octanol–water partition coefficient (Wildman–Crippen LogP) is 8.29. The van der Waals surface area contributed by atoms with Crippen LogP contribution in [0.4, 0.5) is 11.4 Å². The molecule has 4 aromatic rings. The van der Waals surface area contributed by atoms with Crippen molar-refractivity contribution in [3.05, 3.63) is 77.9 Å². The number of hydrogen-bond donors (Lipinski definition) is 1. The largest absolute Gasteiger partial charge is 0.399 e. The van der Waals surface area contributed by atoms with E-state index >= 15 is 0 Å². The number of aliphatic imine (C=N–C) groups is 1. The molecule has 0 atom stereocenters. The number of pyridine rings is 1. The van der Waals surface area contributed by atoms with Gasteiger partial charge in [-0.2, -0.15) is 0 Å². The summed E-state index contributed by atoms with van der Waals surface area (Å²) in [5, 5.41) is 2.19. The molecule has 0 saturated carbocycles. The third-order valence-corrected chi connectivity index (χ3v) is 4.91. The van der Waals surface area contributed by atoms with E-state index < -0.39 is 0 Å². The maximum Gasteiger partial charge on any atom is 0.0731 e. The highest BCUT2D eigenvalue weighted by Crippen LogP contribution is 2.25. The Labute approximate surface area is 187 Å². The molecule has 3 aromatic carbocycles. The number of benzene rings is 3. The molecule has 1 heterocycles. The van der Waals surface area contributed by atoms with Crippen LogP contribution in [0.25, 0.3) is 21.8 Å². The minimum absolute atomic E-state index is 0.534. The third kappa shape index (κ3) is 5.91. The summed E-state index contributed by atoms with van der Waals surface area (Å²) in [7, 11) is 0. The second kappa shape index (κ2) is 11.3. The number of nitrogen functional groups attached to an aromatic ring is 1. The van der Waals surface area contributed by atoms with Gasteiger partial charge in [-0.15, -0.1) is 0 Å². The van der Waals surface area contributed by atoms with Gasteiger partial charge in [0.25, 0.3) is 0 Å². The number of fused-ring (bicyclic) bond motifs is 2. The molecule has 0 aliphatic rings. The van der Waals surface area contributed by atoms with Gasteiger partial charge in [-0.25, -0.2) is 4.98 Å². The van der Waals surface area contributed by atoms with E-state index in [2.05, 4.69) is 50.2 Å². The average Bonchev–Trinajstić information content (AvgIpc) is 2.80. The minimum Gasteiger partial charge on any atom is -0.399 e. The van der Waals surface area contributed by atoms with Gasteiger partial charge in [0.15, 0.2) is 0 Å². The maximum absolute atomic E-state index is 5.90. The van der Waals surface area contributed by atoms with Crippen molar-refractivity contribution in [1.82, 2.24) is 4.98 Å². The molecule has 0 aliphatic heterocycles. The van der Waals surface area contributed by atoms with Crippen molar-refractivity contribution < 1.29 is 0 Å². The van der Waals surface area contributed by atoms with Crippen LogP contribution >= 0.6 is 0 Å². The van der Waals surface area contributed by atoms with Gasteiger partial charge in [0, 0.05) is 22.2 Å². The van der Waals surface area contributed by atoms with Gasteiger partial charge in [0.05, 0.1) is 16.7 Å². The van der Waals surface area contributed by atoms with Crippen molar-refractivity contribution in [3.63, 3.8) is 0 Å². The Balaban J connectivity index is 0.000000807. The third-order valence-electron chi connectivity index (χ3n) is 4.91. The van der Waals surface area contributed by atoms with Gasteiger partial charge in [-0.05, 0) is 54.3 Å². The number of nitrogens with two attached hydrogens (primary N) is 1. The molecule has 0 saturated heterocycles. The monoisotopic (exact) mass is 413 g/mol. The molecule has 0 fully saturated rings. The van der Waals surface area contributed by atoms with Crippen LogP contribution < -0.4 is 5.73 Å². The first-order valence-electron chi connectivity index (χ1n) is 11.3. The summed E-state index contributed by atoms with van der Waals surface area (Å²) in [6.45, 7) is 14.5. The zero-order chi connectivity index (χ0) is 23.0. The zero-order valence-electron chi connectivity index (χ0n) is 19.9. The van der Waals surface area contributed by atoms with Gasteiger partial charge in [0.2, 0.25) is 0 Å². The molecule has 1 aromatic heterocycles. The van der Waals surface area contributed by atoms with Gasteiger partial charge in [-0.1, -0.05) is 77.9 Å². The number of rotatable bonds is 3. The second-order valence-corrected chi connectivity index (χ2v) is 7.29. The summed E-state index contributed by atoms with van der Waals surface area (Å²) >= 11 is 0. The van der Waals surface area contributed by atoms with Crippen LogP contribution in [0.5, 0.6) is 0 Å². The van der Waals surface area contributed by atoms with Crippen LogP contribution in [-0.4, -0.2) is 10.7 Å². The summed E-state index contributed by atoms with van der Waals surface area (Å²) in [6.07, 6.45) is 0. The zero-order valence-corrected chi connectivity index (χ0v) is 19.9. The first-order valence-corrected chi connectivity index (χ1v) is 11.3. The Morgan fingerprint density at radius 2 is 1.35 bits per heavy atom. The molecule has 162 valence electrons. The van der Waals surface area contributed by atoms with Gasteiger partial charge < -0.3 is 5.73 Å². The Morgan fingerprint density at radius 3 is 1.97 bits per heavy atom. The van der Waals surface area contributed by atoms with Crippen LogP contribution in [0.3, 0.4) is 0 Å². The Morgan fingerprint density at radius 1 is 0.774 bits per heavy atom. The molecule has 2 N–H and O–H groups in total. The lowest BCUT2D eigenvalue weighted by atomic mass is 10.0. The van der Waals surface area contributed by atoms with Crippen molar-refractivity contribution in [2.24, 2.45) is 4.99 Å². The summed E-state index contributed by atoms with van der Waals surface area (Å²) < 4.78 is 0. The molecular formula is C28H35N3. The van der Waals surface area contributed by atoms with Crippen molar-refractivity contribution >= 4 is 38.9 Å². The van der Waals surface area contributed by atoms with Crippen molar-refractivity contribution in [1.29, 1.82) is 0 Å². The molecule has 0 bridgehead atoms. The minimum atomic E-state index is 0.534. The normalized spacial score (nSPS) is 11.0. The molecule has 0 spiro atoms. The highest BCUT2D eigenvalue weighted by molar-refractivity contribution is 6.01. The molecule has 0 radical (unpaired) electrons. The van der Waals surface area contributed by atoms with Gasteiger partial charge >= 0.3 is 0 Å². The maximum atomic E-state index is 5.90. The van der Waals surface area contributed by atoms with Gasteiger partial charge in [0.1, 0.15) is 0 Å². The molecule has 31 heavy (non-hydrogen) atoms. The van der Waals surface area contributed by atoms with Crippen molar-refractivity contribution in [3.8, 4) is 0 Å². The number of hydrogen-bond acceptors (Lipinski definition) is 3. The summed E-state index contributed by atoms with van der Waals surface area (Å²) in [6, 6.07) is 22.8. The number of nitrogens with zero attached hydrogens (tertiary/aromatic N) is 2. The van der Waals surface area contributed by atoms with E-state index in [0.717, 1.165) is 44.5 Å². The Hall–Kier alpha value is -3.20. The Bertz CT molecular complexity index is 1160. The van der Waals surface area contributed by atoms with Crippen LogP contribution in [0.2, 0.25) is 0 Å². The standard InChI is InChI=1S/C24H23N3.2C2H6/c1-15(2)17-4-6-18(7-5-17)16(3)26-22-11-9-20-12-19-8-10-21(25)13-23(19)27-24(20)14-22;2*1-2/h4-15H,25H2,1-3H3;2*1-2H3. The first-order chi connectivity index (χ1) is 15.0. The molecule has 0 unspecified atom stereocenters. The highest BCUT2D eigenvalue weighted by atomic mass is 14.8. The number of aromatic nitrogens is 1. The topological polar surface area (TPSA) is 51.3 Å². The quantitative estimate of drug-likeness (QED) is 0.209. The SMILES string of the molecule is CC.CC.CC(=Nc1ccc2cc3ccc(N)cc3nc2c1)c1ccc(C(C)C)cc1. The average molecular weight is 414 g/mol. The molecule has 0 aliphatic carbocycles. The van der Waals surface area contributed by atoms with Crippen LogP contribution in [0.1, 0.15) is 65.5 Å². The molecular weight excluding hydrogens is 378 g/mol. The fourth-order valence-electron chi connectivity index (χ4n) is 3.26. The van der Waals surface area contributed by atoms with Crippen LogP contribution in [0.15, 0.2) is 71.7 Å². The van der Waals surface area contributed by atoms with E-state index in [1.807, 2.05) is 65.0 Å². The molecule has 3 nitrogen and oxygen atoms in total. The molecule has 3 heteroatoms. The van der Waals surface area contributed by atoms with E-state index in [1.54, 1.807) is 0 Å². The van der Waals surface area contributed by atoms with E-state index in [1.165, 1.54) is 5.56 Å². The first kappa shape index (κ1) is 24.1. The van der Waals surface area contributed by atoms with E-state index in [0.29, 0.717) is 5.92 Å². The number of anilines is 1. The fourth-order valence-corrected chi connectivity index (χ4v) is 3.26. The lowest BCUT2D eigenvalue weighted by molar-refractivity contribution is 0.866. The summed E-state index contributed by atoms with van der Waals surface area (Å²) in [5.74, 6) is 0.534. The van der Waals surface area contributed by atoms with Crippen LogP contribution in [-0.2, 0) is 0 Å². The second-order valence-electron chi connectivity index (χ2n) is 7.29. The van der Waals surface area contributed by atoms with E-state index in [9.17, 15) is 0 Å². The van der Waals surface area contributed by atoms with Crippen molar-refractivity contribution in [2.45, 2.75) is 54.4 Å². The smallest absolute Gasteiger partial charge is 0.0731 e. The highest BCUT2D eigenvalue weighted by Gasteiger charge is 2.04. The van der Waals surface area contributed by atoms with Gasteiger partial charge in [-0.3, -0.25) is 4.99 Å². The molecule has 4 rings (SSSR count). The predicted molar refractivity (Wildman–Crippen MR) is 139 cm³/mol. The van der Waals surface area contributed by atoms with Crippen LogP contribution in [0, 0.1) is 0 Å². The van der Waals surface area contributed by atoms with E-state index in [4.69, 9.17) is 15.7 Å².